The maximum absolute atomic E-state index is 12.3. The van der Waals surface area contributed by atoms with Crippen molar-refractivity contribution in [3.63, 3.8) is 0 Å². The van der Waals surface area contributed by atoms with E-state index >= 15 is 0 Å². The summed E-state index contributed by atoms with van der Waals surface area (Å²) in [5.41, 5.74) is 1.88. The molecule has 7 heteroatoms. The number of para-hydroxylation sites is 1. The first-order valence-corrected chi connectivity index (χ1v) is 12.4. The number of piperidine rings is 1. The molecule has 0 aliphatic carbocycles. The Bertz CT molecular complexity index is 1340. The van der Waals surface area contributed by atoms with E-state index in [0.717, 1.165) is 36.4 Å². The van der Waals surface area contributed by atoms with Crippen molar-refractivity contribution >= 4 is 27.6 Å². The number of fused-ring (bicyclic) bond motifs is 2. The molecule has 1 aliphatic heterocycles. The number of ether oxygens (including phenoxy) is 1. The Morgan fingerprint density at radius 1 is 1.06 bits per heavy atom. The number of hydrogen-bond donors (Lipinski definition) is 1. The summed E-state index contributed by atoms with van der Waals surface area (Å²) in [6, 6.07) is 22.4. The van der Waals surface area contributed by atoms with Gasteiger partial charge in [-0.3, -0.25) is 9.63 Å². The van der Waals surface area contributed by atoms with Crippen LogP contribution in [-0.2, 0) is 4.84 Å². The van der Waals surface area contributed by atoms with Crippen LogP contribution in [0.1, 0.15) is 34.9 Å². The van der Waals surface area contributed by atoms with Gasteiger partial charge in [-0.2, -0.15) is 0 Å². The third-order valence-corrected chi connectivity index (χ3v) is 7.01. The van der Waals surface area contributed by atoms with E-state index in [1.165, 1.54) is 30.5 Å². The van der Waals surface area contributed by atoms with Gasteiger partial charge >= 0.3 is 5.91 Å². The van der Waals surface area contributed by atoms with Crippen molar-refractivity contribution in [1.82, 2.24) is 9.96 Å². The Kier molecular flexibility index (Phi) is 7.23. The van der Waals surface area contributed by atoms with E-state index in [1.54, 1.807) is 12.1 Å². The largest absolute Gasteiger partial charge is 0.487 e. The molecule has 1 aromatic heterocycles. The summed E-state index contributed by atoms with van der Waals surface area (Å²) < 4.78 is 11.7. The molecule has 188 valence electrons. The van der Waals surface area contributed by atoms with Gasteiger partial charge in [0.2, 0.25) is 0 Å². The lowest BCUT2D eigenvalue weighted by molar-refractivity contribution is -0.0772. The summed E-state index contributed by atoms with van der Waals surface area (Å²) in [6.07, 6.45) is 1.52. The number of aliphatic hydroxyl groups is 1. The number of carbonyl (C=O) groups is 1. The minimum Gasteiger partial charge on any atom is -0.487 e. The molecule has 1 N–H and O–H groups in total. The van der Waals surface area contributed by atoms with E-state index in [1.807, 2.05) is 12.1 Å². The molecule has 7 nitrogen and oxygen atoms in total. The molecule has 1 saturated heterocycles. The highest BCUT2D eigenvalue weighted by atomic mass is 16.7. The number of β-amino-alcohol motifs (C(OH)–C–C–N with tert-alkyl or cyclic N) is 1. The Hall–Kier alpha value is -3.39. The Morgan fingerprint density at radius 3 is 2.58 bits per heavy atom. The van der Waals surface area contributed by atoms with Crippen molar-refractivity contribution in [1.29, 1.82) is 0 Å². The molecule has 0 unspecified atom stereocenters. The highest BCUT2D eigenvalue weighted by Crippen LogP contribution is 2.31. The van der Waals surface area contributed by atoms with Crippen molar-refractivity contribution in [2.45, 2.75) is 24.9 Å². The lowest BCUT2D eigenvalue weighted by Gasteiger charge is -2.33. The molecule has 1 aliphatic rings. The summed E-state index contributed by atoms with van der Waals surface area (Å²) in [7, 11) is 2.94. The fourth-order valence-corrected chi connectivity index (χ4v) is 4.94. The number of furan rings is 1. The summed E-state index contributed by atoms with van der Waals surface area (Å²) in [4.78, 5) is 19.6. The maximum atomic E-state index is 12.3. The molecule has 0 spiro atoms. The average Bonchev–Trinajstić information content (AvgIpc) is 3.36. The Morgan fingerprint density at radius 2 is 1.81 bits per heavy atom. The molecule has 36 heavy (non-hydrogen) atoms. The quantitative estimate of drug-likeness (QED) is 0.358. The third kappa shape index (κ3) is 5.23. The van der Waals surface area contributed by atoms with Crippen molar-refractivity contribution < 1.29 is 23.9 Å². The molecule has 3 aromatic carbocycles. The molecule has 5 rings (SSSR count). The van der Waals surface area contributed by atoms with Gasteiger partial charge in [0.15, 0.2) is 17.1 Å². The lowest BCUT2D eigenvalue weighted by Crippen LogP contribution is -2.40. The molecule has 0 radical (unpaired) electrons. The SMILES string of the molecule is CON(C)C(=O)c1cc2cccc(OC[C@@H](O)CN3CCC(c4ccc5ccccc5c4)CC3)c2o1. The van der Waals surface area contributed by atoms with Gasteiger partial charge in [-0.1, -0.05) is 54.6 Å². The van der Waals surface area contributed by atoms with Crippen LogP contribution < -0.4 is 4.74 Å². The monoisotopic (exact) mass is 488 g/mol. The molecule has 0 saturated carbocycles. The lowest BCUT2D eigenvalue weighted by atomic mass is 9.88. The maximum Gasteiger partial charge on any atom is 0.312 e. The van der Waals surface area contributed by atoms with Gasteiger partial charge < -0.3 is 19.2 Å². The van der Waals surface area contributed by atoms with Gasteiger partial charge in [0.05, 0.1) is 7.11 Å². The Labute approximate surface area is 210 Å². The predicted molar refractivity (Wildman–Crippen MR) is 139 cm³/mol. The normalized spacial score (nSPS) is 15.9. The van der Waals surface area contributed by atoms with Gasteiger partial charge in [-0.05, 0) is 60.3 Å². The zero-order valence-corrected chi connectivity index (χ0v) is 20.7. The number of amides is 1. The first-order chi connectivity index (χ1) is 17.5. The first kappa shape index (κ1) is 24.3. The van der Waals surface area contributed by atoms with Crippen molar-refractivity contribution in [2.24, 2.45) is 0 Å². The van der Waals surface area contributed by atoms with Crippen molar-refractivity contribution in [2.75, 3.05) is 40.4 Å². The minimum atomic E-state index is -0.631. The van der Waals surface area contributed by atoms with Crippen LogP contribution >= 0.6 is 0 Å². The zero-order valence-electron chi connectivity index (χ0n) is 20.7. The zero-order chi connectivity index (χ0) is 25.1. The van der Waals surface area contributed by atoms with Gasteiger partial charge in [-0.25, -0.2) is 5.06 Å². The number of aliphatic hydroxyl groups excluding tert-OH is 1. The molecule has 4 aromatic rings. The van der Waals surface area contributed by atoms with Crippen LogP contribution in [0.3, 0.4) is 0 Å². The van der Waals surface area contributed by atoms with Crippen LogP contribution in [0.5, 0.6) is 5.75 Å². The second-order valence-corrected chi connectivity index (χ2v) is 9.42. The number of rotatable bonds is 8. The van der Waals surface area contributed by atoms with Gasteiger partial charge in [0, 0.05) is 19.0 Å². The van der Waals surface area contributed by atoms with Crippen LogP contribution in [-0.4, -0.2) is 67.5 Å². The third-order valence-electron chi connectivity index (χ3n) is 7.01. The second kappa shape index (κ2) is 10.7. The number of hydrogen-bond acceptors (Lipinski definition) is 6. The van der Waals surface area contributed by atoms with Crippen LogP contribution in [0.4, 0.5) is 0 Å². The molecular weight excluding hydrogens is 456 g/mol. The Balaban J connectivity index is 1.14. The molecule has 1 amide bonds. The summed E-state index contributed by atoms with van der Waals surface area (Å²) in [6.45, 7) is 2.59. The number of likely N-dealkylation sites (tertiary alicyclic amines) is 1. The van der Waals surface area contributed by atoms with Crippen LogP contribution in [0.15, 0.2) is 71.1 Å². The van der Waals surface area contributed by atoms with E-state index in [0.29, 0.717) is 23.8 Å². The van der Waals surface area contributed by atoms with Crippen LogP contribution in [0.25, 0.3) is 21.7 Å². The van der Waals surface area contributed by atoms with E-state index in [9.17, 15) is 9.90 Å². The molecule has 2 heterocycles. The van der Waals surface area contributed by atoms with E-state index in [2.05, 4.69) is 47.4 Å². The second-order valence-electron chi connectivity index (χ2n) is 9.42. The molecular formula is C29H32N2O5. The van der Waals surface area contributed by atoms with Crippen LogP contribution in [0, 0.1) is 0 Å². The summed E-state index contributed by atoms with van der Waals surface area (Å²) in [5, 5.41) is 15.1. The van der Waals surface area contributed by atoms with E-state index in [4.69, 9.17) is 14.0 Å². The first-order valence-electron chi connectivity index (χ1n) is 12.4. The minimum absolute atomic E-state index is 0.145. The topological polar surface area (TPSA) is 75.4 Å². The molecule has 1 fully saturated rings. The number of nitrogens with zero attached hydrogens (tertiary/aromatic N) is 2. The van der Waals surface area contributed by atoms with E-state index in [-0.39, 0.29) is 18.3 Å². The fraction of sp³-hybridized carbons (Fsp3) is 0.345. The average molecular weight is 489 g/mol. The fourth-order valence-electron chi connectivity index (χ4n) is 4.94. The predicted octanol–water partition coefficient (Wildman–Crippen LogP) is 4.84. The molecule has 0 bridgehead atoms. The van der Waals surface area contributed by atoms with Gasteiger partial charge in [-0.15, -0.1) is 0 Å². The highest BCUT2D eigenvalue weighted by molar-refractivity contribution is 5.96. The molecule has 1 atom stereocenters. The highest BCUT2D eigenvalue weighted by Gasteiger charge is 2.23. The van der Waals surface area contributed by atoms with Gasteiger partial charge in [0.1, 0.15) is 12.7 Å². The number of hydroxylamine groups is 2. The van der Waals surface area contributed by atoms with Gasteiger partial charge in [0.25, 0.3) is 0 Å². The van der Waals surface area contributed by atoms with Crippen LogP contribution in [0.2, 0.25) is 0 Å². The van der Waals surface area contributed by atoms with Crippen molar-refractivity contribution in [3.05, 3.63) is 78.1 Å². The van der Waals surface area contributed by atoms with Crippen molar-refractivity contribution in [3.8, 4) is 5.75 Å². The number of benzene rings is 3. The summed E-state index contributed by atoms with van der Waals surface area (Å²) >= 11 is 0. The smallest absolute Gasteiger partial charge is 0.312 e. The number of carbonyl (C=O) groups excluding carboxylic acids is 1. The van der Waals surface area contributed by atoms with E-state index < -0.39 is 6.10 Å². The standard InChI is InChI=1S/C29H32N2O5/c1-30(34-2)29(33)27-17-24-8-5-9-26(28(24)36-27)35-19-25(32)18-31-14-12-21(13-15-31)23-11-10-20-6-3-4-7-22(20)16-23/h3-11,16-17,21,25,32H,12-15,18-19H2,1-2H3/t25-/m0/s1. The summed E-state index contributed by atoms with van der Waals surface area (Å²) in [5.74, 6) is 0.831.